The molecule has 0 N–H and O–H groups in total. The zero-order valence-electron chi connectivity index (χ0n) is 24.2. The van der Waals surface area contributed by atoms with Gasteiger partial charge in [-0.05, 0) is 88.7 Å². The lowest BCUT2D eigenvalue weighted by atomic mass is 9.83. The molecule has 1 amide bonds. The molecule has 0 atom stereocenters. The van der Waals surface area contributed by atoms with E-state index in [0.717, 1.165) is 31.8 Å². The average Bonchev–Trinajstić information content (AvgIpc) is 2.89. The summed E-state index contributed by atoms with van der Waals surface area (Å²) in [5.74, 6) is 1.34. The molecule has 0 radical (unpaired) electrons. The largest absolute Gasteiger partial charge is 0.497 e. The van der Waals surface area contributed by atoms with E-state index in [1.807, 2.05) is 11.9 Å². The first-order chi connectivity index (χ1) is 18.0. The van der Waals surface area contributed by atoms with Crippen LogP contribution in [0.25, 0.3) is 0 Å². The van der Waals surface area contributed by atoms with Crippen molar-refractivity contribution in [2.45, 2.75) is 56.9 Å². The van der Waals surface area contributed by atoms with E-state index in [1.165, 1.54) is 50.2 Å². The molecule has 1 saturated heterocycles. The molecule has 1 aliphatic heterocycles. The van der Waals surface area contributed by atoms with Crippen LogP contribution in [0.1, 0.15) is 43.2 Å². The van der Waals surface area contributed by atoms with Gasteiger partial charge < -0.3 is 24.2 Å². The Hall–Kier alpha value is -1.72. The number of rotatable bonds is 12. The van der Waals surface area contributed by atoms with Crippen molar-refractivity contribution in [3.8, 4) is 5.75 Å². The van der Waals surface area contributed by atoms with E-state index in [1.54, 1.807) is 33.1 Å². The van der Waals surface area contributed by atoms with Gasteiger partial charge in [0.05, 0.1) is 18.6 Å². The fourth-order valence-electron chi connectivity index (χ4n) is 5.63. The molecule has 10 heteroatoms. The minimum Gasteiger partial charge on any atom is -0.497 e. The van der Waals surface area contributed by atoms with Gasteiger partial charge in [-0.15, -0.1) is 0 Å². The predicted molar refractivity (Wildman–Crippen MR) is 150 cm³/mol. The van der Waals surface area contributed by atoms with Crippen molar-refractivity contribution in [1.29, 1.82) is 0 Å². The third kappa shape index (κ3) is 8.14. The van der Waals surface area contributed by atoms with Crippen molar-refractivity contribution in [1.82, 2.24) is 19.0 Å². The van der Waals surface area contributed by atoms with Crippen LogP contribution in [0, 0.1) is 19.8 Å². The van der Waals surface area contributed by atoms with Crippen molar-refractivity contribution in [3.63, 3.8) is 0 Å². The highest BCUT2D eigenvalue weighted by Gasteiger charge is 2.28. The molecule has 1 saturated carbocycles. The maximum Gasteiger partial charge on any atom is 0.248 e. The lowest BCUT2D eigenvalue weighted by Gasteiger charge is -2.36. The first-order valence-electron chi connectivity index (χ1n) is 13.9. The first-order valence-corrected chi connectivity index (χ1v) is 15.3. The van der Waals surface area contributed by atoms with Crippen LogP contribution in [-0.4, -0.2) is 120 Å². The zero-order chi connectivity index (χ0) is 27.9. The highest BCUT2D eigenvalue weighted by Crippen LogP contribution is 2.30. The normalized spacial score (nSPS) is 21.6. The van der Waals surface area contributed by atoms with Crippen molar-refractivity contribution < 1.29 is 22.7 Å². The molecule has 1 heterocycles. The quantitative estimate of drug-likeness (QED) is 0.369. The van der Waals surface area contributed by atoms with E-state index < -0.39 is 10.0 Å². The second-order valence-electron chi connectivity index (χ2n) is 11.1. The predicted octanol–water partition coefficient (Wildman–Crippen LogP) is 2.60. The van der Waals surface area contributed by atoms with Crippen LogP contribution in [-0.2, 0) is 19.6 Å². The smallest absolute Gasteiger partial charge is 0.248 e. The van der Waals surface area contributed by atoms with Gasteiger partial charge in [0.2, 0.25) is 15.9 Å². The molecule has 216 valence electrons. The summed E-state index contributed by atoms with van der Waals surface area (Å²) in [4.78, 5) is 19.8. The Labute approximate surface area is 230 Å². The van der Waals surface area contributed by atoms with Crippen LogP contribution in [0.4, 0.5) is 0 Å². The maximum atomic E-state index is 13.1. The molecule has 2 aliphatic rings. The summed E-state index contributed by atoms with van der Waals surface area (Å²) in [5, 5.41) is 0. The fraction of sp³-hybridized carbons (Fsp3) is 0.750. The maximum absolute atomic E-state index is 13.1. The summed E-state index contributed by atoms with van der Waals surface area (Å²) in [6.07, 6.45) is 5.67. The number of sulfonamides is 1. The molecule has 0 unspecified atom stereocenters. The molecule has 0 spiro atoms. The number of ether oxygens (including phenoxy) is 2. The van der Waals surface area contributed by atoms with Crippen molar-refractivity contribution in [2.24, 2.45) is 5.92 Å². The van der Waals surface area contributed by atoms with Crippen molar-refractivity contribution in [2.75, 3.05) is 80.7 Å². The highest BCUT2D eigenvalue weighted by atomic mass is 32.2. The number of carbonyl (C=O) groups is 1. The van der Waals surface area contributed by atoms with Crippen LogP contribution < -0.4 is 4.74 Å². The molecular formula is C28H48N4O5S. The highest BCUT2D eigenvalue weighted by molar-refractivity contribution is 7.89. The summed E-state index contributed by atoms with van der Waals surface area (Å²) in [5.41, 5.74) is 1.28. The molecule has 9 nitrogen and oxygen atoms in total. The van der Waals surface area contributed by atoms with Gasteiger partial charge in [0.25, 0.3) is 0 Å². The first kappa shape index (κ1) is 30.8. The van der Waals surface area contributed by atoms with Gasteiger partial charge in [0, 0.05) is 52.9 Å². The number of aryl methyl sites for hydroxylation is 2. The summed E-state index contributed by atoms with van der Waals surface area (Å²) in [6.45, 7) is 9.68. The standard InChI is InChI=1S/C28H48N4O5S/c1-22-19-26(36-6)20-23(2)28(22)38(34,35)30(4)17-18-37-21-27(33)31(5)25-9-7-24(8-10-25)11-12-32-15-13-29(3)14-16-32/h19-20,24-25H,7-18,21H2,1-6H3/t24-,25+. The van der Waals surface area contributed by atoms with Crippen LogP contribution in [0.15, 0.2) is 17.0 Å². The lowest BCUT2D eigenvalue weighted by Crippen LogP contribution is -2.45. The average molecular weight is 553 g/mol. The topological polar surface area (TPSA) is 82.6 Å². The molecule has 1 aliphatic carbocycles. The van der Waals surface area contributed by atoms with Crippen LogP contribution in [0.3, 0.4) is 0 Å². The molecule has 1 aromatic rings. The van der Waals surface area contributed by atoms with E-state index in [0.29, 0.717) is 16.9 Å². The number of nitrogens with zero attached hydrogens (tertiary/aromatic N) is 4. The van der Waals surface area contributed by atoms with E-state index in [-0.39, 0.29) is 36.6 Å². The zero-order valence-corrected chi connectivity index (χ0v) is 25.1. The Morgan fingerprint density at radius 3 is 2.21 bits per heavy atom. The number of carbonyl (C=O) groups excluding carboxylic acids is 1. The monoisotopic (exact) mass is 552 g/mol. The van der Waals surface area contributed by atoms with Gasteiger partial charge in [0.1, 0.15) is 12.4 Å². The molecular weight excluding hydrogens is 504 g/mol. The summed E-state index contributed by atoms with van der Waals surface area (Å²) in [7, 11) is 3.48. The molecule has 3 rings (SSSR count). The third-order valence-corrected chi connectivity index (χ3v) is 10.5. The van der Waals surface area contributed by atoms with E-state index >= 15 is 0 Å². The van der Waals surface area contributed by atoms with Gasteiger partial charge in [-0.1, -0.05) is 0 Å². The van der Waals surface area contributed by atoms with E-state index in [4.69, 9.17) is 9.47 Å². The SMILES string of the molecule is COc1cc(C)c(S(=O)(=O)N(C)CCOCC(=O)N(C)[C@H]2CC[C@@H](CCN3CCN(C)CC3)CC2)c(C)c1. The Morgan fingerprint density at radius 2 is 1.63 bits per heavy atom. The molecule has 0 bridgehead atoms. The summed E-state index contributed by atoms with van der Waals surface area (Å²) in [6, 6.07) is 3.70. The van der Waals surface area contributed by atoms with E-state index in [9.17, 15) is 13.2 Å². The van der Waals surface area contributed by atoms with Crippen LogP contribution in [0.5, 0.6) is 5.75 Å². The van der Waals surface area contributed by atoms with Crippen molar-refractivity contribution in [3.05, 3.63) is 23.3 Å². The Bertz CT molecular complexity index is 995. The minimum atomic E-state index is -3.68. The van der Waals surface area contributed by atoms with Crippen LogP contribution in [0.2, 0.25) is 0 Å². The lowest BCUT2D eigenvalue weighted by molar-refractivity contribution is -0.137. The molecule has 1 aromatic carbocycles. The van der Waals surface area contributed by atoms with Gasteiger partial charge in [-0.2, -0.15) is 4.31 Å². The molecule has 2 fully saturated rings. The number of methoxy groups -OCH3 is 1. The van der Waals surface area contributed by atoms with Gasteiger partial charge in [-0.3, -0.25) is 4.79 Å². The number of benzene rings is 1. The number of hydrogen-bond donors (Lipinski definition) is 0. The van der Waals surface area contributed by atoms with Gasteiger partial charge in [-0.25, -0.2) is 8.42 Å². The minimum absolute atomic E-state index is 0.0334. The second kappa shape index (κ2) is 14.1. The molecule has 38 heavy (non-hydrogen) atoms. The number of piperazine rings is 1. The second-order valence-corrected chi connectivity index (χ2v) is 13.1. The molecule has 0 aromatic heterocycles. The summed E-state index contributed by atoms with van der Waals surface area (Å²) < 4.78 is 38.4. The Morgan fingerprint density at radius 1 is 1.03 bits per heavy atom. The summed E-state index contributed by atoms with van der Waals surface area (Å²) >= 11 is 0. The van der Waals surface area contributed by atoms with Gasteiger partial charge in [0.15, 0.2) is 0 Å². The fourth-order valence-corrected chi connectivity index (χ4v) is 7.18. The van der Waals surface area contributed by atoms with E-state index in [2.05, 4.69) is 16.8 Å². The third-order valence-electron chi connectivity index (χ3n) is 8.32. The number of amides is 1. The van der Waals surface area contributed by atoms with Crippen molar-refractivity contribution >= 4 is 15.9 Å². The Kier molecular flexibility index (Phi) is 11.4. The van der Waals surface area contributed by atoms with Gasteiger partial charge >= 0.3 is 0 Å². The number of likely N-dealkylation sites (N-methyl/N-ethyl adjacent to an activating group) is 3. The Balaban J connectivity index is 1.37. The number of hydrogen-bond acceptors (Lipinski definition) is 7. The van der Waals surface area contributed by atoms with Crippen LogP contribution >= 0.6 is 0 Å².